The Morgan fingerprint density at radius 2 is 1.64 bits per heavy atom. The molecule has 0 radical (unpaired) electrons. The van der Waals surface area contributed by atoms with Crippen LogP contribution < -0.4 is 11.1 Å². The summed E-state index contributed by atoms with van der Waals surface area (Å²) in [7, 11) is -1.19. The van der Waals surface area contributed by atoms with Crippen molar-refractivity contribution in [2.24, 2.45) is 23.5 Å². The third-order valence-electron chi connectivity index (χ3n) is 10.8. The summed E-state index contributed by atoms with van der Waals surface area (Å²) < 4.78 is 9.40. The van der Waals surface area contributed by atoms with Crippen LogP contribution in [-0.4, -0.2) is 56.3 Å². The number of carbonyl (C=O) groups is 2. The van der Waals surface area contributed by atoms with Gasteiger partial charge in [-0.3, -0.25) is 9.59 Å². The van der Waals surface area contributed by atoms with Gasteiger partial charge in [-0.1, -0.05) is 101 Å². The van der Waals surface area contributed by atoms with Crippen LogP contribution in [0.15, 0.2) is 12.1 Å². The van der Waals surface area contributed by atoms with Gasteiger partial charge in [0, 0.05) is 37.5 Å². The van der Waals surface area contributed by atoms with Crippen molar-refractivity contribution in [3.63, 3.8) is 0 Å². The van der Waals surface area contributed by atoms with E-state index in [1.54, 1.807) is 10.7 Å². The van der Waals surface area contributed by atoms with Crippen molar-refractivity contribution in [2.45, 2.75) is 136 Å². The average molecular weight is 725 g/mol. The van der Waals surface area contributed by atoms with Crippen LogP contribution in [0.25, 0.3) is 11.1 Å². The lowest BCUT2D eigenvalue weighted by Gasteiger charge is -2.41. The maximum Gasteiger partial charge on any atom is 0.268 e. The van der Waals surface area contributed by atoms with Crippen molar-refractivity contribution in [2.75, 3.05) is 11.9 Å². The minimum absolute atomic E-state index is 0.00450. The Morgan fingerprint density at radius 1 is 1.02 bits per heavy atom. The molecular formula is C37H57ClN8O3Si. The molecule has 274 valence electrons. The first kappa shape index (κ1) is 38.1. The molecule has 3 aromatic heterocycles. The summed E-state index contributed by atoms with van der Waals surface area (Å²) in [6, 6.07) is 4.61. The number of halogens is 1. The molecule has 2 aliphatic rings. The SMILES string of the molecule is Cc1nn(COCC[Si](C)(C)C)c(C)c1-c1ccc(NC(=O)[C@H](c2nnn(C(C)C)c2C(N)=O)C(C2CCCCC2)C2CCCCC2)nc1Cl. The van der Waals surface area contributed by atoms with E-state index in [1.807, 2.05) is 38.4 Å². The molecule has 1 atom stereocenters. The van der Waals surface area contributed by atoms with E-state index in [0.29, 0.717) is 36.7 Å². The minimum Gasteiger partial charge on any atom is -0.364 e. The summed E-state index contributed by atoms with van der Waals surface area (Å²) in [6.07, 6.45) is 11.2. The van der Waals surface area contributed by atoms with Crippen LogP contribution in [0.3, 0.4) is 0 Å². The second-order valence-corrected chi connectivity index (χ2v) is 22.0. The van der Waals surface area contributed by atoms with E-state index in [2.05, 4.69) is 40.3 Å². The second kappa shape index (κ2) is 16.5. The van der Waals surface area contributed by atoms with Gasteiger partial charge >= 0.3 is 0 Å². The van der Waals surface area contributed by atoms with Gasteiger partial charge < -0.3 is 15.8 Å². The number of hydrogen-bond donors (Lipinski definition) is 2. The van der Waals surface area contributed by atoms with Crippen LogP contribution >= 0.6 is 11.6 Å². The zero-order valence-electron chi connectivity index (χ0n) is 31.1. The molecule has 5 rings (SSSR count). The quantitative estimate of drug-likeness (QED) is 0.0967. The first-order valence-electron chi connectivity index (χ1n) is 18.6. The lowest BCUT2D eigenvalue weighted by atomic mass is 9.63. The molecule has 11 nitrogen and oxygen atoms in total. The molecule has 50 heavy (non-hydrogen) atoms. The van der Waals surface area contributed by atoms with Crippen molar-refractivity contribution >= 4 is 37.3 Å². The fourth-order valence-electron chi connectivity index (χ4n) is 8.20. The normalized spacial score (nSPS) is 17.1. The molecule has 0 saturated heterocycles. The standard InChI is InChI=1S/C37H57ClN8O3Si/c1-23(2)46-34(36(39)47)33(42-44-46)32(31(26-14-10-8-11-15-26)27-16-12-9-13-17-27)37(48)41-29-19-18-28(35(38)40-29)30-24(3)43-45(25(30)4)22-49-20-21-50(5,6)7/h18-19,23,26-27,31-32H,8-17,20-22H2,1-7H3,(H2,39,47)(H,40,41,48)/t32-/m0/s1. The predicted octanol–water partition coefficient (Wildman–Crippen LogP) is 8.30. The van der Waals surface area contributed by atoms with Gasteiger partial charge in [-0.05, 0) is 63.6 Å². The molecule has 0 spiro atoms. The van der Waals surface area contributed by atoms with Gasteiger partial charge in [0.1, 0.15) is 23.4 Å². The van der Waals surface area contributed by atoms with Gasteiger partial charge in [0.05, 0.1) is 11.6 Å². The monoisotopic (exact) mass is 724 g/mol. The van der Waals surface area contributed by atoms with Crippen molar-refractivity contribution in [1.29, 1.82) is 0 Å². The summed E-state index contributed by atoms with van der Waals surface area (Å²) in [5.41, 5.74) is 9.99. The van der Waals surface area contributed by atoms with Crippen molar-refractivity contribution < 1.29 is 14.3 Å². The maximum atomic E-state index is 14.7. The Labute approximate surface area is 303 Å². The van der Waals surface area contributed by atoms with E-state index in [4.69, 9.17) is 27.2 Å². The number of anilines is 1. The van der Waals surface area contributed by atoms with Gasteiger partial charge in [-0.15, -0.1) is 5.10 Å². The largest absolute Gasteiger partial charge is 0.364 e. The molecule has 0 unspecified atom stereocenters. The molecule has 0 aliphatic heterocycles. The maximum absolute atomic E-state index is 14.7. The Morgan fingerprint density at radius 3 is 2.18 bits per heavy atom. The highest BCUT2D eigenvalue weighted by atomic mass is 35.5. The molecule has 2 fully saturated rings. The number of primary amides is 1. The summed E-state index contributed by atoms with van der Waals surface area (Å²) in [4.78, 5) is 32.4. The average Bonchev–Trinajstić information content (AvgIpc) is 3.63. The summed E-state index contributed by atoms with van der Waals surface area (Å²) in [6.45, 7) is 15.9. The highest BCUT2D eigenvalue weighted by Crippen LogP contribution is 2.47. The van der Waals surface area contributed by atoms with Crippen LogP contribution in [0.5, 0.6) is 0 Å². The number of nitrogens with one attached hydrogen (secondary N) is 1. The fourth-order valence-corrected chi connectivity index (χ4v) is 9.21. The van der Waals surface area contributed by atoms with Crippen molar-refractivity contribution in [3.05, 3.63) is 40.1 Å². The van der Waals surface area contributed by atoms with E-state index in [9.17, 15) is 9.59 Å². The summed E-state index contributed by atoms with van der Waals surface area (Å²) >= 11 is 6.87. The molecule has 0 aromatic carbocycles. The van der Waals surface area contributed by atoms with E-state index >= 15 is 0 Å². The lowest BCUT2D eigenvalue weighted by Crippen LogP contribution is -2.39. The van der Waals surface area contributed by atoms with Gasteiger partial charge in [0.2, 0.25) is 5.91 Å². The number of aromatic nitrogens is 6. The molecule has 13 heteroatoms. The van der Waals surface area contributed by atoms with E-state index in [-0.39, 0.29) is 28.7 Å². The number of pyridine rings is 1. The lowest BCUT2D eigenvalue weighted by molar-refractivity contribution is -0.120. The van der Waals surface area contributed by atoms with Gasteiger partial charge in [0.15, 0.2) is 5.69 Å². The van der Waals surface area contributed by atoms with Crippen LogP contribution in [0.4, 0.5) is 5.82 Å². The minimum atomic E-state index is -1.19. The van der Waals surface area contributed by atoms with Crippen LogP contribution in [-0.2, 0) is 16.3 Å². The smallest absolute Gasteiger partial charge is 0.268 e. The topological polar surface area (TPSA) is 143 Å². The van der Waals surface area contributed by atoms with Crippen LogP contribution in [0.1, 0.15) is 118 Å². The van der Waals surface area contributed by atoms with E-state index in [0.717, 1.165) is 79.9 Å². The Kier molecular flexibility index (Phi) is 12.6. The summed E-state index contributed by atoms with van der Waals surface area (Å²) in [5.74, 6) is -0.557. The van der Waals surface area contributed by atoms with Crippen molar-refractivity contribution in [3.8, 4) is 11.1 Å². The Bertz CT molecular complexity index is 1620. The van der Waals surface area contributed by atoms with E-state index < -0.39 is 19.9 Å². The van der Waals surface area contributed by atoms with E-state index in [1.165, 1.54) is 12.8 Å². The highest BCUT2D eigenvalue weighted by molar-refractivity contribution is 6.76. The zero-order valence-corrected chi connectivity index (χ0v) is 32.9. The molecular weight excluding hydrogens is 668 g/mol. The number of carbonyl (C=O) groups excluding carboxylic acids is 2. The third-order valence-corrected chi connectivity index (χ3v) is 12.7. The molecule has 3 heterocycles. The van der Waals surface area contributed by atoms with Crippen LogP contribution in [0, 0.1) is 31.6 Å². The first-order valence-corrected chi connectivity index (χ1v) is 22.7. The molecule has 2 aliphatic carbocycles. The van der Waals surface area contributed by atoms with Crippen LogP contribution in [0.2, 0.25) is 30.8 Å². The number of aryl methyl sites for hydroxylation is 1. The molecule has 2 saturated carbocycles. The third kappa shape index (κ3) is 8.85. The molecule has 3 aromatic rings. The Hall–Kier alpha value is -3.09. The zero-order chi connectivity index (χ0) is 36.2. The van der Waals surface area contributed by atoms with Crippen molar-refractivity contribution in [1.82, 2.24) is 29.8 Å². The molecule has 0 bridgehead atoms. The predicted molar refractivity (Wildman–Crippen MR) is 201 cm³/mol. The molecule has 2 amide bonds. The number of nitrogens with zero attached hydrogens (tertiary/aromatic N) is 6. The molecule has 3 N–H and O–H groups in total. The van der Waals surface area contributed by atoms with Gasteiger partial charge in [0.25, 0.3) is 5.91 Å². The highest BCUT2D eigenvalue weighted by Gasteiger charge is 2.44. The summed E-state index contributed by atoms with van der Waals surface area (Å²) in [5, 5.41) is 17.0. The number of nitrogens with two attached hydrogens (primary N) is 1. The fraction of sp³-hybridized carbons (Fsp3) is 0.676. The number of amides is 2. The number of ether oxygens (including phenoxy) is 1. The van der Waals surface area contributed by atoms with Gasteiger partial charge in [-0.25, -0.2) is 14.3 Å². The van der Waals surface area contributed by atoms with Gasteiger partial charge in [-0.2, -0.15) is 5.10 Å². The first-order chi connectivity index (χ1) is 23.8. The second-order valence-electron chi connectivity index (χ2n) is 16.0. The number of hydrogen-bond acceptors (Lipinski definition) is 7. The Balaban J connectivity index is 1.47. The number of rotatable bonds is 14.